The first-order valence-electron chi connectivity index (χ1n) is 5.62. The lowest BCUT2D eigenvalue weighted by atomic mass is 10.2. The fraction of sp³-hybridized carbons (Fsp3) is 0.154. The third-order valence-electron chi connectivity index (χ3n) is 2.56. The van der Waals surface area contributed by atoms with Crippen molar-refractivity contribution in [1.29, 1.82) is 0 Å². The van der Waals surface area contributed by atoms with Gasteiger partial charge in [-0.1, -0.05) is 16.8 Å². The van der Waals surface area contributed by atoms with E-state index in [9.17, 15) is 0 Å². The minimum Gasteiger partial charge on any atom is -0.492 e. The van der Waals surface area contributed by atoms with Crippen molar-refractivity contribution in [3.05, 3.63) is 51.2 Å². The minimum atomic E-state index is 0.0201. The van der Waals surface area contributed by atoms with Crippen molar-refractivity contribution in [2.24, 2.45) is 10.9 Å². The number of benzene rings is 1. The molecule has 0 aliphatic heterocycles. The van der Waals surface area contributed by atoms with Gasteiger partial charge in [-0.25, -0.2) is 0 Å². The van der Waals surface area contributed by atoms with E-state index in [4.69, 9.17) is 27.3 Å². The fourth-order valence-electron chi connectivity index (χ4n) is 1.55. The maximum absolute atomic E-state index is 8.59. The molecule has 0 saturated carbocycles. The molecule has 2 aromatic rings. The zero-order valence-corrected chi connectivity index (χ0v) is 11.6. The van der Waals surface area contributed by atoms with Gasteiger partial charge in [0.1, 0.15) is 5.75 Å². The zero-order valence-electron chi connectivity index (χ0n) is 10.0. The van der Waals surface area contributed by atoms with Crippen LogP contribution < -0.4 is 10.5 Å². The van der Waals surface area contributed by atoms with Gasteiger partial charge in [-0.2, -0.15) is 11.3 Å². The highest BCUT2D eigenvalue weighted by atomic mass is 35.5. The number of nitrogens with zero attached hydrogens (tertiary/aromatic N) is 1. The van der Waals surface area contributed by atoms with Gasteiger partial charge in [-0.3, -0.25) is 0 Å². The molecular formula is C13H13ClN2O2S. The molecule has 19 heavy (non-hydrogen) atoms. The number of ether oxygens (including phenoxy) is 1. The summed E-state index contributed by atoms with van der Waals surface area (Å²) >= 11 is 7.74. The molecule has 0 radical (unpaired) electrons. The number of hydrogen-bond donors (Lipinski definition) is 2. The number of amidine groups is 1. The Morgan fingerprint density at radius 2 is 2.26 bits per heavy atom. The summed E-state index contributed by atoms with van der Waals surface area (Å²) in [5, 5.41) is 16.1. The van der Waals surface area contributed by atoms with Gasteiger partial charge in [0.25, 0.3) is 0 Å². The van der Waals surface area contributed by atoms with Gasteiger partial charge >= 0.3 is 0 Å². The van der Waals surface area contributed by atoms with E-state index in [1.54, 1.807) is 29.5 Å². The topological polar surface area (TPSA) is 67.8 Å². The van der Waals surface area contributed by atoms with Gasteiger partial charge in [0.15, 0.2) is 5.84 Å². The average molecular weight is 297 g/mol. The Kier molecular flexibility index (Phi) is 4.65. The third kappa shape index (κ3) is 3.62. The summed E-state index contributed by atoms with van der Waals surface area (Å²) in [5.41, 5.74) is 7.28. The summed E-state index contributed by atoms with van der Waals surface area (Å²) in [4.78, 5) is 0. The monoisotopic (exact) mass is 296 g/mol. The average Bonchev–Trinajstić information content (AvgIpc) is 2.93. The van der Waals surface area contributed by atoms with Crippen molar-refractivity contribution in [2.45, 2.75) is 6.42 Å². The number of thiophene rings is 1. The van der Waals surface area contributed by atoms with Gasteiger partial charge < -0.3 is 15.7 Å². The van der Waals surface area contributed by atoms with Crippen LogP contribution in [-0.2, 0) is 6.42 Å². The molecule has 0 aliphatic carbocycles. The summed E-state index contributed by atoms with van der Waals surface area (Å²) in [7, 11) is 0. The second-order valence-electron chi connectivity index (χ2n) is 3.86. The number of oxime groups is 1. The Morgan fingerprint density at radius 1 is 1.42 bits per heavy atom. The van der Waals surface area contributed by atoms with E-state index in [0.29, 0.717) is 22.9 Å². The van der Waals surface area contributed by atoms with Crippen molar-refractivity contribution in [3.8, 4) is 5.75 Å². The Labute approximate surface area is 120 Å². The molecule has 100 valence electrons. The Hall–Kier alpha value is -1.72. The molecule has 4 nitrogen and oxygen atoms in total. The first kappa shape index (κ1) is 13.7. The van der Waals surface area contributed by atoms with E-state index in [2.05, 4.69) is 16.6 Å². The first-order valence-corrected chi connectivity index (χ1v) is 6.94. The van der Waals surface area contributed by atoms with Crippen molar-refractivity contribution in [2.75, 3.05) is 6.61 Å². The highest BCUT2D eigenvalue weighted by Crippen LogP contribution is 2.25. The minimum absolute atomic E-state index is 0.0201. The maximum Gasteiger partial charge on any atom is 0.170 e. The molecule has 2 rings (SSSR count). The number of halogens is 1. The molecule has 0 aliphatic rings. The molecule has 1 aromatic carbocycles. The summed E-state index contributed by atoms with van der Waals surface area (Å²) in [6.07, 6.45) is 0.835. The van der Waals surface area contributed by atoms with Crippen LogP contribution in [0.1, 0.15) is 11.1 Å². The second-order valence-corrected chi connectivity index (χ2v) is 5.05. The van der Waals surface area contributed by atoms with Crippen LogP contribution in [0.25, 0.3) is 0 Å². The molecule has 0 atom stereocenters. The Morgan fingerprint density at radius 3 is 2.89 bits per heavy atom. The van der Waals surface area contributed by atoms with E-state index < -0.39 is 0 Å². The number of hydrogen-bond acceptors (Lipinski definition) is 4. The van der Waals surface area contributed by atoms with Crippen LogP contribution in [-0.4, -0.2) is 17.6 Å². The molecule has 0 amide bonds. The molecule has 0 saturated heterocycles. The highest BCUT2D eigenvalue weighted by Gasteiger charge is 2.06. The van der Waals surface area contributed by atoms with Gasteiger partial charge in [-0.05, 0) is 40.6 Å². The van der Waals surface area contributed by atoms with Gasteiger partial charge in [-0.15, -0.1) is 0 Å². The lowest BCUT2D eigenvalue weighted by Gasteiger charge is -2.08. The number of nitrogens with two attached hydrogens (primary N) is 1. The standard InChI is InChI=1S/C13H13ClN2O2S/c14-11-7-10(13(15)16-17)1-2-12(11)18-5-3-9-4-6-19-8-9/h1-2,4,6-8,17H,3,5H2,(H2,15,16). The molecule has 3 N–H and O–H groups in total. The first-order chi connectivity index (χ1) is 9.20. The fourth-order valence-corrected chi connectivity index (χ4v) is 2.49. The van der Waals surface area contributed by atoms with Crippen LogP contribution in [0.3, 0.4) is 0 Å². The van der Waals surface area contributed by atoms with Gasteiger partial charge in [0.2, 0.25) is 0 Å². The quantitative estimate of drug-likeness (QED) is 0.385. The molecule has 1 heterocycles. The van der Waals surface area contributed by atoms with Crippen LogP contribution in [0.2, 0.25) is 5.02 Å². The number of rotatable bonds is 5. The smallest absolute Gasteiger partial charge is 0.170 e. The largest absolute Gasteiger partial charge is 0.492 e. The molecule has 0 fully saturated rings. The molecular weight excluding hydrogens is 284 g/mol. The SMILES string of the molecule is NC(=NO)c1ccc(OCCc2ccsc2)c(Cl)c1. The van der Waals surface area contributed by atoms with Crippen LogP contribution >= 0.6 is 22.9 Å². The lowest BCUT2D eigenvalue weighted by molar-refractivity contribution is 0.318. The third-order valence-corrected chi connectivity index (χ3v) is 3.59. The van der Waals surface area contributed by atoms with E-state index >= 15 is 0 Å². The second kappa shape index (κ2) is 6.45. The van der Waals surface area contributed by atoms with E-state index in [1.807, 2.05) is 5.38 Å². The van der Waals surface area contributed by atoms with E-state index in [-0.39, 0.29) is 5.84 Å². The molecule has 0 unspecified atom stereocenters. The molecule has 0 bridgehead atoms. The molecule has 1 aromatic heterocycles. The van der Waals surface area contributed by atoms with Crippen molar-refractivity contribution >= 4 is 28.8 Å². The van der Waals surface area contributed by atoms with Crippen LogP contribution in [0.5, 0.6) is 5.75 Å². The normalized spacial score (nSPS) is 11.5. The Balaban J connectivity index is 1.97. The van der Waals surface area contributed by atoms with Gasteiger partial charge in [0, 0.05) is 12.0 Å². The van der Waals surface area contributed by atoms with Crippen LogP contribution in [0, 0.1) is 0 Å². The Bertz CT molecular complexity index is 570. The van der Waals surface area contributed by atoms with E-state index in [1.165, 1.54) is 5.56 Å². The predicted molar refractivity (Wildman–Crippen MR) is 77.5 cm³/mol. The van der Waals surface area contributed by atoms with Gasteiger partial charge in [0.05, 0.1) is 11.6 Å². The highest BCUT2D eigenvalue weighted by molar-refractivity contribution is 7.07. The van der Waals surface area contributed by atoms with Crippen molar-refractivity contribution < 1.29 is 9.94 Å². The van der Waals surface area contributed by atoms with E-state index in [0.717, 1.165) is 6.42 Å². The van der Waals surface area contributed by atoms with Crippen LogP contribution in [0.4, 0.5) is 0 Å². The summed E-state index contributed by atoms with van der Waals surface area (Å²) < 4.78 is 5.61. The zero-order chi connectivity index (χ0) is 13.7. The maximum atomic E-state index is 8.59. The summed E-state index contributed by atoms with van der Waals surface area (Å²) in [6.45, 7) is 0.555. The van der Waals surface area contributed by atoms with Crippen molar-refractivity contribution in [1.82, 2.24) is 0 Å². The molecule has 0 spiro atoms. The summed E-state index contributed by atoms with van der Waals surface area (Å²) in [5.74, 6) is 0.609. The lowest BCUT2D eigenvalue weighted by Crippen LogP contribution is -2.13. The predicted octanol–water partition coefficient (Wildman–Crippen LogP) is 3.12. The van der Waals surface area contributed by atoms with Crippen molar-refractivity contribution in [3.63, 3.8) is 0 Å². The van der Waals surface area contributed by atoms with Crippen LogP contribution in [0.15, 0.2) is 40.2 Å². The summed E-state index contributed by atoms with van der Waals surface area (Å²) in [6, 6.07) is 7.08. The molecule has 6 heteroatoms.